The minimum Gasteiger partial charge on any atom is -0.317 e. The molecule has 0 bridgehead atoms. The maximum atomic E-state index is 14.0. The Morgan fingerprint density at radius 3 is 2.85 bits per heavy atom. The second-order valence-electron chi connectivity index (χ2n) is 3.57. The van der Waals surface area contributed by atoms with Crippen LogP contribution in [0.5, 0.6) is 0 Å². The summed E-state index contributed by atoms with van der Waals surface area (Å²) in [6.07, 6.45) is 4.63. The molecule has 4 nitrogen and oxygen atoms in total. The van der Waals surface area contributed by atoms with Crippen LogP contribution in [0.4, 0.5) is 4.39 Å². The van der Waals surface area contributed by atoms with E-state index in [4.69, 9.17) is 0 Å². The van der Waals surface area contributed by atoms with E-state index in [-0.39, 0.29) is 0 Å². The van der Waals surface area contributed by atoms with Crippen LogP contribution < -0.4 is 5.32 Å². The Balaban J connectivity index is 1.99. The highest BCUT2D eigenvalue weighted by atomic mass is 19.1. The van der Waals surface area contributed by atoms with Crippen molar-refractivity contribution in [2.24, 2.45) is 0 Å². The molecule has 13 heavy (non-hydrogen) atoms. The zero-order valence-corrected chi connectivity index (χ0v) is 7.41. The number of nitrogens with one attached hydrogen (secondary N) is 1. The van der Waals surface area contributed by atoms with Crippen LogP contribution in [0.1, 0.15) is 12.8 Å². The molecule has 1 fully saturated rings. The van der Waals surface area contributed by atoms with Gasteiger partial charge in [0, 0.05) is 6.54 Å². The first kappa shape index (κ1) is 8.62. The Bertz CT molecular complexity index is 253. The lowest BCUT2D eigenvalue weighted by atomic mass is 9.96. The highest BCUT2D eigenvalue weighted by molar-refractivity contribution is 4.86. The molecule has 1 atom stereocenters. The Morgan fingerprint density at radius 1 is 1.46 bits per heavy atom. The molecule has 72 valence electrons. The molecular weight excluding hydrogens is 171 g/mol. The number of hydrogen-bond acceptors (Lipinski definition) is 3. The van der Waals surface area contributed by atoms with Crippen molar-refractivity contribution in [1.82, 2.24) is 20.1 Å². The third-order valence-electron chi connectivity index (χ3n) is 2.35. The van der Waals surface area contributed by atoms with Crippen molar-refractivity contribution < 1.29 is 4.39 Å². The van der Waals surface area contributed by atoms with Gasteiger partial charge in [-0.15, -0.1) is 10.2 Å². The van der Waals surface area contributed by atoms with Gasteiger partial charge >= 0.3 is 0 Å². The van der Waals surface area contributed by atoms with Crippen LogP contribution in [0.25, 0.3) is 0 Å². The fourth-order valence-corrected chi connectivity index (χ4v) is 1.70. The summed E-state index contributed by atoms with van der Waals surface area (Å²) < 4.78 is 15.7. The third kappa shape index (κ3) is 2.03. The summed E-state index contributed by atoms with van der Waals surface area (Å²) in [7, 11) is 0. The Kier molecular flexibility index (Phi) is 2.26. The summed E-state index contributed by atoms with van der Waals surface area (Å²) in [4.78, 5) is 0. The Hall–Kier alpha value is -0.970. The van der Waals surface area contributed by atoms with Gasteiger partial charge in [0.1, 0.15) is 18.3 Å². The summed E-state index contributed by atoms with van der Waals surface area (Å²) >= 11 is 0. The zero-order chi connectivity index (χ0) is 9.15. The maximum Gasteiger partial charge on any atom is 0.141 e. The molecule has 1 aromatic rings. The van der Waals surface area contributed by atoms with Gasteiger partial charge in [0.05, 0.1) is 6.54 Å². The lowest BCUT2D eigenvalue weighted by molar-refractivity contribution is 0.100. The van der Waals surface area contributed by atoms with Gasteiger partial charge in [-0.25, -0.2) is 4.39 Å². The topological polar surface area (TPSA) is 42.7 Å². The first-order valence-corrected chi connectivity index (χ1v) is 4.51. The van der Waals surface area contributed by atoms with Crippen molar-refractivity contribution in [2.45, 2.75) is 25.1 Å². The first-order valence-electron chi connectivity index (χ1n) is 4.51. The number of rotatable bonds is 2. The molecule has 0 aliphatic carbocycles. The number of alkyl halides is 1. The van der Waals surface area contributed by atoms with E-state index in [1.165, 1.54) is 0 Å². The average molecular weight is 184 g/mol. The summed E-state index contributed by atoms with van der Waals surface area (Å²) in [5, 5.41) is 10.3. The van der Waals surface area contributed by atoms with Gasteiger partial charge in [0.25, 0.3) is 0 Å². The molecular formula is C8H13FN4. The van der Waals surface area contributed by atoms with Crippen molar-refractivity contribution in [3.8, 4) is 0 Å². The van der Waals surface area contributed by atoms with Gasteiger partial charge < -0.3 is 9.88 Å². The fraction of sp³-hybridized carbons (Fsp3) is 0.750. The summed E-state index contributed by atoms with van der Waals surface area (Å²) in [6, 6.07) is 0. The van der Waals surface area contributed by atoms with Gasteiger partial charge in [-0.3, -0.25) is 0 Å². The highest BCUT2D eigenvalue weighted by Crippen LogP contribution is 2.22. The predicted molar refractivity (Wildman–Crippen MR) is 46.0 cm³/mol. The normalized spacial score (nSPS) is 29.0. The van der Waals surface area contributed by atoms with Crippen molar-refractivity contribution in [3.05, 3.63) is 12.7 Å². The van der Waals surface area contributed by atoms with E-state index in [9.17, 15) is 4.39 Å². The van der Waals surface area contributed by atoms with Crippen LogP contribution in [0.15, 0.2) is 12.7 Å². The van der Waals surface area contributed by atoms with E-state index in [0.29, 0.717) is 19.5 Å². The van der Waals surface area contributed by atoms with E-state index in [2.05, 4.69) is 15.5 Å². The number of halogens is 1. The molecule has 1 aliphatic rings. The van der Waals surface area contributed by atoms with Crippen molar-refractivity contribution >= 4 is 0 Å². The second kappa shape index (κ2) is 3.41. The second-order valence-corrected chi connectivity index (χ2v) is 3.57. The lowest BCUT2D eigenvalue weighted by Crippen LogP contribution is -2.44. The average Bonchev–Trinajstić information content (AvgIpc) is 2.57. The molecule has 0 spiro atoms. The molecule has 0 saturated carbocycles. The molecule has 2 heterocycles. The molecule has 2 rings (SSSR count). The molecule has 1 saturated heterocycles. The first-order chi connectivity index (χ1) is 6.29. The number of hydrogen-bond donors (Lipinski definition) is 1. The number of nitrogens with zero attached hydrogens (tertiary/aromatic N) is 3. The Morgan fingerprint density at radius 2 is 2.23 bits per heavy atom. The van der Waals surface area contributed by atoms with Crippen molar-refractivity contribution in [1.29, 1.82) is 0 Å². The monoisotopic (exact) mass is 184 g/mol. The van der Waals surface area contributed by atoms with E-state index in [1.807, 2.05) is 0 Å². The molecule has 5 heteroatoms. The van der Waals surface area contributed by atoms with Crippen LogP contribution in [0, 0.1) is 0 Å². The predicted octanol–water partition coefficient (Wildman–Crippen LogP) is 0.370. The van der Waals surface area contributed by atoms with Gasteiger partial charge in [-0.2, -0.15) is 0 Å². The maximum absolute atomic E-state index is 14.0. The smallest absolute Gasteiger partial charge is 0.141 e. The van der Waals surface area contributed by atoms with Crippen molar-refractivity contribution in [3.63, 3.8) is 0 Å². The van der Waals surface area contributed by atoms with E-state index < -0.39 is 5.67 Å². The molecule has 0 radical (unpaired) electrons. The third-order valence-corrected chi connectivity index (χ3v) is 2.35. The molecule has 1 unspecified atom stereocenters. The molecule has 1 aromatic heterocycles. The van der Waals surface area contributed by atoms with Gasteiger partial charge in [-0.1, -0.05) is 0 Å². The van der Waals surface area contributed by atoms with Crippen molar-refractivity contribution in [2.75, 3.05) is 13.1 Å². The van der Waals surface area contributed by atoms with E-state index >= 15 is 0 Å². The fourth-order valence-electron chi connectivity index (χ4n) is 1.70. The van der Waals surface area contributed by atoms with Crippen LogP contribution in [0.3, 0.4) is 0 Å². The standard InChI is InChI=1S/C8H13FN4/c9-8(2-1-3-10-4-8)5-13-6-11-12-7-13/h6-7,10H,1-5H2. The minimum atomic E-state index is -1.12. The lowest BCUT2D eigenvalue weighted by Gasteiger charge is -2.29. The van der Waals surface area contributed by atoms with Crippen LogP contribution in [0.2, 0.25) is 0 Å². The van der Waals surface area contributed by atoms with Crippen LogP contribution in [-0.4, -0.2) is 33.5 Å². The number of aromatic nitrogens is 3. The number of piperidine rings is 1. The largest absolute Gasteiger partial charge is 0.317 e. The summed E-state index contributed by atoms with van der Waals surface area (Å²) in [6.45, 7) is 1.71. The van der Waals surface area contributed by atoms with E-state index in [0.717, 1.165) is 13.0 Å². The van der Waals surface area contributed by atoms with Crippen LogP contribution >= 0.6 is 0 Å². The molecule has 1 N–H and O–H groups in total. The van der Waals surface area contributed by atoms with Gasteiger partial charge in [0.2, 0.25) is 0 Å². The summed E-state index contributed by atoms with van der Waals surface area (Å²) in [5.41, 5.74) is -1.12. The van der Waals surface area contributed by atoms with Gasteiger partial charge in [-0.05, 0) is 19.4 Å². The van der Waals surface area contributed by atoms with Crippen LogP contribution in [-0.2, 0) is 6.54 Å². The van der Waals surface area contributed by atoms with E-state index in [1.54, 1.807) is 17.2 Å². The minimum absolute atomic E-state index is 0.354. The molecule has 0 amide bonds. The highest BCUT2D eigenvalue weighted by Gasteiger charge is 2.31. The zero-order valence-electron chi connectivity index (χ0n) is 7.41. The van der Waals surface area contributed by atoms with Gasteiger partial charge in [0.15, 0.2) is 0 Å². The molecule has 1 aliphatic heterocycles. The summed E-state index contributed by atoms with van der Waals surface area (Å²) in [5.74, 6) is 0. The SMILES string of the molecule is FC1(Cn2cnnc2)CCCNC1. The Labute approximate surface area is 76.2 Å². The molecule has 0 aromatic carbocycles. The quantitative estimate of drug-likeness (QED) is 0.722.